The summed E-state index contributed by atoms with van der Waals surface area (Å²) in [6.07, 6.45) is 0.533. The Kier molecular flexibility index (Phi) is 3.73. The average Bonchev–Trinajstić information content (AvgIpc) is 2.58. The summed E-state index contributed by atoms with van der Waals surface area (Å²) in [4.78, 5) is 22.4. The summed E-state index contributed by atoms with van der Waals surface area (Å²) in [6, 6.07) is 5.62. The number of thioether (sulfide) groups is 1. The summed E-state index contributed by atoms with van der Waals surface area (Å²) >= 11 is 4.42. The lowest BCUT2D eigenvalue weighted by Crippen LogP contribution is -2.25. The molecule has 1 saturated heterocycles. The minimum absolute atomic E-state index is 0.216. The zero-order chi connectivity index (χ0) is 12.4. The van der Waals surface area contributed by atoms with Crippen molar-refractivity contribution >= 4 is 38.8 Å². The first kappa shape index (κ1) is 12.4. The van der Waals surface area contributed by atoms with Crippen LogP contribution in [0.3, 0.4) is 0 Å². The van der Waals surface area contributed by atoms with E-state index in [2.05, 4.69) is 21.2 Å². The van der Waals surface area contributed by atoms with Gasteiger partial charge in [-0.2, -0.15) is 0 Å². The number of methoxy groups -OCH3 is 1. The first-order valence-corrected chi connectivity index (χ1v) is 6.61. The quantitative estimate of drug-likeness (QED) is 0.930. The normalized spacial score (nSPS) is 19.3. The summed E-state index contributed by atoms with van der Waals surface area (Å²) < 4.78 is 5.96. The van der Waals surface area contributed by atoms with Gasteiger partial charge < -0.3 is 4.74 Å². The number of amides is 2. The molecule has 0 aliphatic carbocycles. The molecule has 6 heteroatoms. The van der Waals surface area contributed by atoms with Gasteiger partial charge in [-0.1, -0.05) is 17.8 Å². The van der Waals surface area contributed by atoms with Crippen LogP contribution in [0, 0.1) is 0 Å². The summed E-state index contributed by atoms with van der Waals surface area (Å²) in [5.74, 6) is 0.528. The molecule has 2 rings (SSSR count). The Morgan fingerprint density at radius 2 is 2.24 bits per heavy atom. The van der Waals surface area contributed by atoms with Crippen LogP contribution in [0.25, 0.3) is 0 Å². The van der Waals surface area contributed by atoms with Crippen molar-refractivity contribution in [3.63, 3.8) is 0 Å². The topological polar surface area (TPSA) is 55.4 Å². The number of hydrogen-bond donors (Lipinski definition) is 1. The maximum absolute atomic E-state index is 11.4. The van der Waals surface area contributed by atoms with Crippen LogP contribution in [0.4, 0.5) is 4.79 Å². The van der Waals surface area contributed by atoms with Gasteiger partial charge in [-0.15, -0.1) is 0 Å². The Bertz CT molecular complexity index is 478. The fourth-order valence-corrected chi connectivity index (χ4v) is 3.03. The summed E-state index contributed by atoms with van der Waals surface area (Å²) in [7, 11) is 1.60. The Balaban J connectivity index is 2.11. The number of ether oxygens (including phenoxy) is 1. The highest BCUT2D eigenvalue weighted by Crippen LogP contribution is 2.28. The van der Waals surface area contributed by atoms with E-state index in [1.807, 2.05) is 18.2 Å². The third-order valence-electron chi connectivity index (χ3n) is 2.40. The van der Waals surface area contributed by atoms with E-state index in [-0.39, 0.29) is 16.4 Å². The van der Waals surface area contributed by atoms with Crippen LogP contribution in [-0.2, 0) is 11.2 Å². The summed E-state index contributed by atoms with van der Waals surface area (Å²) in [5.41, 5.74) is 0.986. The van der Waals surface area contributed by atoms with Gasteiger partial charge in [0.1, 0.15) is 5.75 Å². The SMILES string of the molecule is COc1ccc(CC2SC(=O)NC2=O)cc1Br. The second kappa shape index (κ2) is 5.10. The maximum Gasteiger partial charge on any atom is 0.286 e. The summed E-state index contributed by atoms with van der Waals surface area (Å²) in [6.45, 7) is 0. The third-order valence-corrected chi connectivity index (χ3v) is 4.01. The van der Waals surface area contributed by atoms with E-state index < -0.39 is 0 Å². The molecule has 0 radical (unpaired) electrons. The molecule has 1 heterocycles. The van der Waals surface area contributed by atoms with E-state index in [1.54, 1.807) is 7.11 Å². The van der Waals surface area contributed by atoms with E-state index >= 15 is 0 Å². The number of carbonyl (C=O) groups excluding carboxylic acids is 2. The van der Waals surface area contributed by atoms with Gasteiger partial charge in [-0.25, -0.2) is 0 Å². The first-order valence-electron chi connectivity index (χ1n) is 4.94. The molecule has 0 spiro atoms. The molecule has 1 aliphatic heterocycles. The summed E-state index contributed by atoms with van der Waals surface area (Å²) in [5, 5.41) is 1.67. The van der Waals surface area contributed by atoms with E-state index in [0.717, 1.165) is 27.5 Å². The first-order chi connectivity index (χ1) is 8.10. The van der Waals surface area contributed by atoms with Crippen LogP contribution >= 0.6 is 27.7 Å². The highest BCUT2D eigenvalue weighted by atomic mass is 79.9. The van der Waals surface area contributed by atoms with Crippen LogP contribution in [0.5, 0.6) is 5.75 Å². The van der Waals surface area contributed by atoms with Crippen LogP contribution in [0.2, 0.25) is 0 Å². The van der Waals surface area contributed by atoms with Crippen molar-refractivity contribution in [3.8, 4) is 5.75 Å². The molecule has 1 atom stereocenters. The minimum atomic E-state index is -0.331. The van der Waals surface area contributed by atoms with Crippen LogP contribution < -0.4 is 10.1 Å². The Morgan fingerprint density at radius 1 is 1.47 bits per heavy atom. The van der Waals surface area contributed by atoms with E-state index in [9.17, 15) is 9.59 Å². The molecule has 0 saturated carbocycles. The Morgan fingerprint density at radius 3 is 2.76 bits per heavy atom. The monoisotopic (exact) mass is 315 g/mol. The van der Waals surface area contributed by atoms with E-state index in [0.29, 0.717) is 6.42 Å². The molecule has 1 N–H and O–H groups in total. The predicted octanol–water partition coefficient (Wildman–Crippen LogP) is 2.35. The molecule has 1 aromatic rings. The van der Waals surface area contributed by atoms with Crippen LogP contribution in [-0.4, -0.2) is 23.5 Å². The number of halogens is 1. The lowest BCUT2D eigenvalue weighted by Gasteiger charge is -2.08. The average molecular weight is 316 g/mol. The zero-order valence-corrected chi connectivity index (χ0v) is 11.4. The molecule has 90 valence electrons. The molecule has 0 aromatic heterocycles. The van der Waals surface area contributed by atoms with Gasteiger partial charge >= 0.3 is 0 Å². The standard InChI is InChI=1S/C11H10BrNO3S/c1-16-8-3-2-6(4-7(8)12)5-9-10(14)13-11(15)17-9/h2-4,9H,5H2,1H3,(H,13,14,15). The molecule has 1 aromatic carbocycles. The largest absolute Gasteiger partial charge is 0.496 e. The van der Waals surface area contributed by atoms with Crippen molar-refractivity contribution in [1.29, 1.82) is 0 Å². The van der Waals surface area contributed by atoms with E-state index in [1.165, 1.54) is 0 Å². The fourth-order valence-electron chi connectivity index (χ4n) is 1.58. The lowest BCUT2D eigenvalue weighted by molar-refractivity contribution is -0.118. The molecule has 2 amide bonds. The van der Waals surface area contributed by atoms with Crippen LogP contribution in [0.15, 0.2) is 22.7 Å². The van der Waals surface area contributed by atoms with Crippen molar-refractivity contribution in [1.82, 2.24) is 5.32 Å². The predicted molar refractivity (Wildman–Crippen MR) is 69.3 cm³/mol. The number of imide groups is 1. The second-order valence-electron chi connectivity index (χ2n) is 3.56. The number of benzene rings is 1. The molecule has 1 aliphatic rings. The van der Waals surface area contributed by atoms with Gasteiger partial charge in [0.05, 0.1) is 16.8 Å². The van der Waals surface area contributed by atoms with Crippen molar-refractivity contribution in [2.75, 3.05) is 7.11 Å². The minimum Gasteiger partial charge on any atom is -0.496 e. The number of hydrogen-bond acceptors (Lipinski definition) is 4. The van der Waals surface area contributed by atoms with Crippen LogP contribution in [0.1, 0.15) is 5.56 Å². The smallest absolute Gasteiger partial charge is 0.286 e. The number of rotatable bonds is 3. The Labute approximate surface area is 111 Å². The highest BCUT2D eigenvalue weighted by Gasteiger charge is 2.31. The van der Waals surface area contributed by atoms with Crippen molar-refractivity contribution in [3.05, 3.63) is 28.2 Å². The van der Waals surface area contributed by atoms with Crippen molar-refractivity contribution in [2.24, 2.45) is 0 Å². The Hall–Kier alpha value is -1.01. The lowest BCUT2D eigenvalue weighted by atomic mass is 10.1. The maximum atomic E-state index is 11.4. The molecular weight excluding hydrogens is 306 g/mol. The number of nitrogens with one attached hydrogen (secondary N) is 1. The van der Waals surface area contributed by atoms with Gasteiger partial charge in [-0.05, 0) is 40.0 Å². The third kappa shape index (κ3) is 2.81. The van der Waals surface area contributed by atoms with Gasteiger partial charge in [-0.3, -0.25) is 14.9 Å². The van der Waals surface area contributed by atoms with Gasteiger partial charge in [0.2, 0.25) is 5.91 Å². The van der Waals surface area contributed by atoms with Gasteiger partial charge in [0.25, 0.3) is 5.24 Å². The van der Waals surface area contributed by atoms with Gasteiger partial charge in [0.15, 0.2) is 0 Å². The van der Waals surface area contributed by atoms with Crippen molar-refractivity contribution < 1.29 is 14.3 Å². The highest BCUT2D eigenvalue weighted by molar-refractivity contribution is 9.10. The van der Waals surface area contributed by atoms with Crippen molar-refractivity contribution in [2.45, 2.75) is 11.7 Å². The molecule has 1 fully saturated rings. The fraction of sp³-hybridized carbons (Fsp3) is 0.273. The molecule has 17 heavy (non-hydrogen) atoms. The van der Waals surface area contributed by atoms with E-state index in [4.69, 9.17) is 4.74 Å². The molecule has 0 bridgehead atoms. The second-order valence-corrected chi connectivity index (χ2v) is 5.59. The molecule has 1 unspecified atom stereocenters. The number of carbonyl (C=O) groups is 2. The molecule has 4 nitrogen and oxygen atoms in total. The zero-order valence-electron chi connectivity index (χ0n) is 9.03. The molecular formula is C11H10BrNO3S. The van der Waals surface area contributed by atoms with Gasteiger partial charge in [0, 0.05) is 0 Å².